The van der Waals surface area contributed by atoms with Crippen LogP contribution in [0.4, 0.5) is 0 Å². The van der Waals surface area contributed by atoms with Crippen LogP contribution < -0.4 is 5.69 Å². The molecule has 2 aromatic carbocycles. The van der Waals surface area contributed by atoms with Crippen LogP contribution in [-0.4, -0.2) is 47.6 Å². The first-order chi connectivity index (χ1) is 16.7. The third-order valence-electron chi connectivity index (χ3n) is 6.39. The first-order valence-corrected chi connectivity index (χ1v) is 11.5. The number of hydrogen-bond acceptors (Lipinski definition) is 5. The van der Waals surface area contributed by atoms with Gasteiger partial charge < -0.3 is 14.9 Å². The van der Waals surface area contributed by atoms with Gasteiger partial charge in [0.15, 0.2) is 5.82 Å². The Bertz CT molecular complexity index is 1660. The minimum absolute atomic E-state index is 0.194. The molecule has 0 unspecified atom stereocenters. The highest BCUT2D eigenvalue weighted by molar-refractivity contribution is 6.05. The zero-order chi connectivity index (χ0) is 24.9. The Morgan fingerprint density at radius 2 is 1.89 bits per heavy atom. The summed E-state index contributed by atoms with van der Waals surface area (Å²) in [4.78, 5) is 42.3. The normalized spacial score (nSPS) is 11.5. The number of benzene rings is 2. The van der Waals surface area contributed by atoms with Crippen LogP contribution in [0.15, 0.2) is 41.3 Å². The lowest BCUT2D eigenvalue weighted by Gasteiger charge is -2.18. The molecule has 9 heteroatoms. The van der Waals surface area contributed by atoms with Gasteiger partial charge in [0, 0.05) is 42.3 Å². The standard InChI is InChI=1S/C26H27N7O2/c1-6-33-16(4)18(12-27-33)13-32(5)25(34)23-19-9-14(2)7-8-20(19)28-24(30-23)17-10-15(3)22-21(11-17)29-26(35)31-22/h7-12H,6,13H2,1-5H3,(H2,29,31,35). The summed E-state index contributed by atoms with van der Waals surface area (Å²) in [6.07, 6.45) is 1.81. The van der Waals surface area contributed by atoms with Crippen LogP contribution in [0.25, 0.3) is 33.3 Å². The maximum Gasteiger partial charge on any atom is 0.323 e. The lowest BCUT2D eigenvalue weighted by Crippen LogP contribution is -2.28. The van der Waals surface area contributed by atoms with Gasteiger partial charge in [0.1, 0.15) is 5.69 Å². The van der Waals surface area contributed by atoms with Crippen molar-refractivity contribution in [1.82, 2.24) is 34.6 Å². The molecule has 5 aromatic rings. The van der Waals surface area contributed by atoms with E-state index in [1.54, 1.807) is 11.9 Å². The number of carbonyl (C=O) groups excluding carboxylic acids is 1. The number of aromatic amines is 2. The summed E-state index contributed by atoms with van der Waals surface area (Å²) in [7, 11) is 1.77. The number of nitrogens with one attached hydrogen (secondary N) is 2. The molecule has 0 aliphatic heterocycles. The highest BCUT2D eigenvalue weighted by atomic mass is 16.2. The van der Waals surface area contributed by atoms with E-state index in [2.05, 4.69) is 15.1 Å². The van der Waals surface area contributed by atoms with Crippen molar-refractivity contribution in [1.29, 1.82) is 0 Å². The maximum absolute atomic E-state index is 13.7. The van der Waals surface area contributed by atoms with E-state index in [0.29, 0.717) is 34.5 Å². The minimum atomic E-state index is -0.269. The predicted octanol–water partition coefficient (Wildman–Crippen LogP) is 3.88. The summed E-state index contributed by atoms with van der Waals surface area (Å²) >= 11 is 0. The predicted molar refractivity (Wildman–Crippen MR) is 135 cm³/mol. The quantitative estimate of drug-likeness (QED) is 0.406. The van der Waals surface area contributed by atoms with Crippen molar-refractivity contribution < 1.29 is 4.79 Å². The average molecular weight is 470 g/mol. The number of rotatable bonds is 5. The highest BCUT2D eigenvalue weighted by Crippen LogP contribution is 2.27. The lowest BCUT2D eigenvalue weighted by atomic mass is 10.1. The summed E-state index contributed by atoms with van der Waals surface area (Å²) in [5.74, 6) is 0.237. The summed E-state index contributed by atoms with van der Waals surface area (Å²) in [5, 5.41) is 5.10. The van der Waals surface area contributed by atoms with Crippen LogP contribution in [-0.2, 0) is 13.1 Å². The number of aryl methyl sites for hydroxylation is 3. The number of fused-ring (bicyclic) bond motifs is 2. The van der Waals surface area contributed by atoms with Gasteiger partial charge in [0.25, 0.3) is 5.91 Å². The second kappa shape index (κ2) is 8.50. The topological polar surface area (TPSA) is 113 Å². The van der Waals surface area contributed by atoms with Crippen molar-refractivity contribution in [2.45, 2.75) is 40.8 Å². The van der Waals surface area contributed by atoms with Crippen molar-refractivity contribution in [3.8, 4) is 11.4 Å². The Kier molecular flexibility index (Phi) is 5.47. The molecule has 0 aliphatic carbocycles. The molecule has 0 radical (unpaired) electrons. The van der Waals surface area contributed by atoms with Crippen LogP contribution in [0.5, 0.6) is 0 Å². The fourth-order valence-electron chi connectivity index (χ4n) is 4.45. The molecule has 3 heterocycles. The molecule has 2 N–H and O–H groups in total. The van der Waals surface area contributed by atoms with Gasteiger partial charge in [0.05, 0.1) is 22.7 Å². The summed E-state index contributed by atoms with van der Waals surface area (Å²) in [6.45, 7) is 9.14. The van der Waals surface area contributed by atoms with Gasteiger partial charge in [-0.25, -0.2) is 14.8 Å². The first-order valence-electron chi connectivity index (χ1n) is 11.5. The summed E-state index contributed by atoms with van der Waals surface area (Å²) in [6, 6.07) is 9.57. The second-order valence-corrected chi connectivity index (χ2v) is 8.94. The minimum Gasteiger partial charge on any atom is -0.336 e. The molecule has 0 saturated heterocycles. The maximum atomic E-state index is 13.7. The summed E-state index contributed by atoms with van der Waals surface area (Å²) < 4.78 is 1.92. The van der Waals surface area contributed by atoms with Crippen LogP contribution >= 0.6 is 0 Å². The lowest BCUT2D eigenvalue weighted by molar-refractivity contribution is 0.0781. The third kappa shape index (κ3) is 3.99. The fraction of sp³-hybridized carbons (Fsp3) is 0.269. The van der Waals surface area contributed by atoms with Crippen LogP contribution in [0.2, 0.25) is 0 Å². The number of aromatic nitrogens is 6. The van der Waals surface area contributed by atoms with Crippen LogP contribution in [0.3, 0.4) is 0 Å². The van der Waals surface area contributed by atoms with Crippen molar-refractivity contribution in [3.05, 3.63) is 75.1 Å². The van der Waals surface area contributed by atoms with E-state index in [4.69, 9.17) is 9.97 Å². The number of nitrogens with zero attached hydrogens (tertiary/aromatic N) is 5. The molecule has 0 bridgehead atoms. The van der Waals surface area contributed by atoms with Gasteiger partial charge in [0.2, 0.25) is 0 Å². The van der Waals surface area contributed by atoms with E-state index in [0.717, 1.165) is 40.0 Å². The molecule has 1 amide bonds. The molecule has 0 fully saturated rings. The monoisotopic (exact) mass is 469 g/mol. The number of H-pyrrole nitrogens is 2. The molecular weight excluding hydrogens is 442 g/mol. The van der Waals surface area contributed by atoms with Gasteiger partial charge in [-0.3, -0.25) is 9.48 Å². The molecule has 0 atom stereocenters. The van der Waals surface area contributed by atoms with Gasteiger partial charge in [-0.15, -0.1) is 0 Å². The Balaban J connectivity index is 1.61. The molecule has 0 saturated carbocycles. The van der Waals surface area contributed by atoms with E-state index in [-0.39, 0.29) is 11.6 Å². The van der Waals surface area contributed by atoms with E-state index in [1.807, 2.05) is 68.9 Å². The van der Waals surface area contributed by atoms with Crippen LogP contribution in [0.1, 0.15) is 39.8 Å². The Morgan fingerprint density at radius 3 is 2.63 bits per heavy atom. The van der Waals surface area contributed by atoms with E-state index in [1.165, 1.54) is 0 Å². The molecule has 5 rings (SSSR count). The molecule has 0 spiro atoms. The van der Waals surface area contributed by atoms with Crippen molar-refractivity contribution in [2.75, 3.05) is 7.05 Å². The van der Waals surface area contributed by atoms with Crippen LogP contribution in [0, 0.1) is 20.8 Å². The highest BCUT2D eigenvalue weighted by Gasteiger charge is 2.21. The number of carbonyl (C=O) groups is 1. The Morgan fingerprint density at radius 1 is 1.09 bits per heavy atom. The fourth-order valence-corrected chi connectivity index (χ4v) is 4.45. The van der Waals surface area contributed by atoms with E-state index in [9.17, 15) is 9.59 Å². The van der Waals surface area contributed by atoms with Crippen molar-refractivity contribution in [2.24, 2.45) is 0 Å². The Labute approximate surface area is 201 Å². The van der Waals surface area contributed by atoms with Gasteiger partial charge in [-0.1, -0.05) is 11.6 Å². The molecule has 178 valence electrons. The van der Waals surface area contributed by atoms with Crippen molar-refractivity contribution in [3.63, 3.8) is 0 Å². The zero-order valence-corrected chi connectivity index (χ0v) is 20.4. The second-order valence-electron chi connectivity index (χ2n) is 8.94. The summed E-state index contributed by atoms with van der Waals surface area (Å²) in [5.41, 5.74) is 6.85. The molecular formula is C26H27N7O2. The van der Waals surface area contributed by atoms with E-state index >= 15 is 0 Å². The average Bonchev–Trinajstić information content (AvgIpc) is 3.39. The third-order valence-corrected chi connectivity index (χ3v) is 6.39. The molecule has 35 heavy (non-hydrogen) atoms. The number of hydrogen-bond donors (Lipinski definition) is 2. The smallest absolute Gasteiger partial charge is 0.323 e. The van der Waals surface area contributed by atoms with E-state index < -0.39 is 0 Å². The zero-order valence-electron chi connectivity index (χ0n) is 20.4. The van der Waals surface area contributed by atoms with Crippen molar-refractivity contribution >= 4 is 27.8 Å². The first kappa shape index (κ1) is 22.5. The largest absolute Gasteiger partial charge is 0.336 e. The molecule has 0 aliphatic rings. The van der Waals surface area contributed by atoms with Gasteiger partial charge in [-0.2, -0.15) is 5.10 Å². The number of imidazole rings is 1. The SMILES string of the molecule is CCn1ncc(CN(C)C(=O)c2nc(-c3cc(C)c4[nH]c(=O)[nH]c4c3)nc3ccc(C)cc23)c1C. The molecule has 9 nitrogen and oxygen atoms in total. The Hall–Kier alpha value is -4.27. The van der Waals surface area contributed by atoms with Gasteiger partial charge in [-0.05, 0) is 57.5 Å². The number of amides is 1. The van der Waals surface area contributed by atoms with Gasteiger partial charge >= 0.3 is 5.69 Å². The molecule has 3 aromatic heterocycles.